The third-order valence-corrected chi connectivity index (χ3v) is 6.16. The Hall–Kier alpha value is -3.22. The Balaban J connectivity index is 1.69. The van der Waals surface area contributed by atoms with Crippen molar-refractivity contribution in [2.24, 2.45) is 7.05 Å². The summed E-state index contributed by atoms with van der Waals surface area (Å²) in [7, 11) is 1.96. The SMILES string of the molecule is Cc1nn(C)c(C)c1-c1nc(Nc2ccccc2)c2ncn(C3CCCCC3)c2n1. The van der Waals surface area contributed by atoms with Crippen LogP contribution in [0.4, 0.5) is 11.5 Å². The molecule has 1 aliphatic carbocycles. The van der Waals surface area contributed by atoms with Crippen molar-refractivity contribution in [3.8, 4) is 11.4 Å². The second kappa shape index (κ2) is 7.55. The number of imidazole rings is 1. The highest BCUT2D eigenvalue weighted by Gasteiger charge is 2.23. The van der Waals surface area contributed by atoms with Gasteiger partial charge in [0.15, 0.2) is 22.8 Å². The van der Waals surface area contributed by atoms with Crippen LogP contribution < -0.4 is 5.32 Å². The first kappa shape index (κ1) is 18.8. The molecule has 5 rings (SSSR count). The molecular weight excluding hydrogens is 374 g/mol. The van der Waals surface area contributed by atoms with Gasteiger partial charge in [-0.15, -0.1) is 0 Å². The molecule has 1 aliphatic rings. The van der Waals surface area contributed by atoms with E-state index in [2.05, 4.69) is 21.9 Å². The number of hydrogen-bond donors (Lipinski definition) is 1. The van der Waals surface area contributed by atoms with Crippen LogP contribution in [-0.2, 0) is 7.05 Å². The minimum Gasteiger partial charge on any atom is -0.338 e. The predicted octanol–water partition coefficient (Wildman–Crippen LogP) is 5.09. The van der Waals surface area contributed by atoms with Gasteiger partial charge in [-0.05, 0) is 38.8 Å². The molecule has 0 aliphatic heterocycles. The van der Waals surface area contributed by atoms with Crippen molar-refractivity contribution in [2.75, 3.05) is 5.32 Å². The number of rotatable bonds is 4. The van der Waals surface area contributed by atoms with Gasteiger partial charge in [0.05, 0.1) is 17.6 Å². The number of anilines is 2. The van der Waals surface area contributed by atoms with Crippen LogP contribution in [0.1, 0.15) is 49.5 Å². The fourth-order valence-corrected chi connectivity index (χ4v) is 4.50. The largest absolute Gasteiger partial charge is 0.338 e. The standard InChI is InChI=1S/C23H27N7/c1-15-19(16(2)29(3)28-15)21-26-22(25-17-10-6-4-7-11-17)20-23(27-21)30(14-24-20)18-12-8-5-9-13-18/h4,6-7,10-11,14,18H,5,8-9,12-13H2,1-3H3,(H,25,26,27). The van der Waals surface area contributed by atoms with Gasteiger partial charge in [0, 0.05) is 24.5 Å². The lowest BCUT2D eigenvalue weighted by Gasteiger charge is -2.23. The number of nitrogens with zero attached hydrogens (tertiary/aromatic N) is 6. The molecule has 1 fully saturated rings. The smallest absolute Gasteiger partial charge is 0.167 e. The number of hydrogen-bond acceptors (Lipinski definition) is 5. The van der Waals surface area contributed by atoms with Gasteiger partial charge in [-0.1, -0.05) is 37.5 Å². The van der Waals surface area contributed by atoms with Gasteiger partial charge in [0.1, 0.15) is 0 Å². The van der Waals surface area contributed by atoms with Crippen LogP contribution in [-0.4, -0.2) is 29.3 Å². The van der Waals surface area contributed by atoms with Crippen molar-refractivity contribution in [3.63, 3.8) is 0 Å². The molecule has 3 aromatic heterocycles. The second-order valence-electron chi connectivity index (χ2n) is 8.17. The number of benzene rings is 1. The Bertz CT molecular complexity index is 1180. The predicted molar refractivity (Wildman–Crippen MR) is 119 cm³/mol. The zero-order chi connectivity index (χ0) is 20.7. The Morgan fingerprint density at radius 3 is 2.47 bits per heavy atom. The van der Waals surface area contributed by atoms with Crippen molar-refractivity contribution in [1.82, 2.24) is 29.3 Å². The average molecular weight is 402 g/mol. The van der Waals surface area contributed by atoms with Gasteiger partial charge in [0.2, 0.25) is 0 Å². The van der Waals surface area contributed by atoms with Crippen LogP contribution in [0.25, 0.3) is 22.6 Å². The van der Waals surface area contributed by atoms with Gasteiger partial charge >= 0.3 is 0 Å². The summed E-state index contributed by atoms with van der Waals surface area (Å²) in [5.74, 6) is 1.43. The summed E-state index contributed by atoms with van der Waals surface area (Å²) >= 11 is 0. The number of nitrogens with one attached hydrogen (secondary N) is 1. The van der Waals surface area contributed by atoms with Crippen molar-refractivity contribution in [1.29, 1.82) is 0 Å². The van der Waals surface area contributed by atoms with Crippen LogP contribution in [0.3, 0.4) is 0 Å². The Morgan fingerprint density at radius 2 is 1.77 bits per heavy atom. The molecule has 0 saturated heterocycles. The fourth-order valence-electron chi connectivity index (χ4n) is 4.50. The van der Waals surface area contributed by atoms with E-state index in [4.69, 9.17) is 15.0 Å². The molecule has 0 atom stereocenters. The van der Waals surface area contributed by atoms with E-state index in [1.54, 1.807) is 0 Å². The Labute approximate surface area is 176 Å². The van der Waals surface area contributed by atoms with Crippen LogP contribution >= 0.6 is 0 Å². The number of fused-ring (bicyclic) bond motifs is 1. The van der Waals surface area contributed by atoms with Crippen LogP contribution in [0.2, 0.25) is 0 Å². The molecule has 7 nitrogen and oxygen atoms in total. The van der Waals surface area contributed by atoms with Gasteiger partial charge in [-0.25, -0.2) is 15.0 Å². The van der Waals surface area contributed by atoms with E-state index in [-0.39, 0.29) is 0 Å². The molecule has 0 radical (unpaired) electrons. The molecular formula is C23H27N7. The maximum atomic E-state index is 5.01. The molecule has 0 spiro atoms. The third-order valence-electron chi connectivity index (χ3n) is 6.16. The van der Waals surface area contributed by atoms with E-state index in [9.17, 15) is 0 Å². The normalized spacial score (nSPS) is 15.0. The summed E-state index contributed by atoms with van der Waals surface area (Å²) in [6.07, 6.45) is 8.14. The highest BCUT2D eigenvalue weighted by Crippen LogP contribution is 2.34. The topological polar surface area (TPSA) is 73.5 Å². The molecule has 4 aromatic rings. The van der Waals surface area contributed by atoms with Crippen LogP contribution in [0.5, 0.6) is 0 Å². The van der Waals surface area contributed by atoms with Crippen molar-refractivity contribution >= 4 is 22.7 Å². The fraction of sp³-hybridized carbons (Fsp3) is 0.391. The molecule has 0 unspecified atom stereocenters. The number of aromatic nitrogens is 6. The van der Waals surface area contributed by atoms with Crippen LogP contribution in [0.15, 0.2) is 36.7 Å². The highest BCUT2D eigenvalue weighted by molar-refractivity contribution is 5.87. The second-order valence-corrected chi connectivity index (χ2v) is 8.17. The van der Waals surface area contributed by atoms with Crippen molar-refractivity contribution in [3.05, 3.63) is 48.0 Å². The first-order chi connectivity index (χ1) is 14.6. The lowest BCUT2D eigenvalue weighted by molar-refractivity contribution is 0.358. The number of aryl methyl sites for hydroxylation is 2. The molecule has 30 heavy (non-hydrogen) atoms. The van der Waals surface area contributed by atoms with E-state index in [0.29, 0.717) is 11.9 Å². The summed E-state index contributed by atoms with van der Waals surface area (Å²) in [6.45, 7) is 4.07. The number of para-hydroxylation sites is 1. The minimum absolute atomic E-state index is 0.451. The van der Waals surface area contributed by atoms with Crippen molar-refractivity contribution in [2.45, 2.75) is 52.0 Å². The Morgan fingerprint density at radius 1 is 1.00 bits per heavy atom. The lowest BCUT2D eigenvalue weighted by atomic mass is 9.95. The van der Waals surface area contributed by atoms with E-state index in [1.807, 2.05) is 55.3 Å². The quantitative estimate of drug-likeness (QED) is 0.515. The first-order valence-corrected chi connectivity index (χ1v) is 10.7. The van der Waals surface area contributed by atoms with Gasteiger partial charge in [-0.2, -0.15) is 5.10 Å². The molecule has 3 heterocycles. The summed E-state index contributed by atoms with van der Waals surface area (Å²) in [6, 6.07) is 10.5. The minimum atomic E-state index is 0.451. The maximum absolute atomic E-state index is 5.01. The molecule has 0 amide bonds. The van der Waals surface area contributed by atoms with E-state index in [1.165, 1.54) is 32.1 Å². The van der Waals surface area contributed by atoms with Gasteiger partial charge in [0.25, 0.3) is 0 Å². The monoisotopic (exact) mass is 401 g/mol. The van der Waals surface area contributed by atoms with Crippen LogP contribution in [0, 0.1) is 13.8 Å². The van der Waals surface area contributed by atoms with E-state index in [0.717, 1.165) is 39.6 Å². The lowest BCUT2D eigenvalue weighted by Crippen LogP contribution is -2.13. The van der Waals surface area contributed by atoms with Gasteiger partial charge in [-0.3, -0.25) is 4.68 Å². The van der Waals surface area contributed by atoms with E-state index < -0.39 is 0 Å². The first-order valence-electron chi connectivity index (χ1n) is 10.7. The molecule has 7 heteroatoms. The maximum Gasteiger partial charge on any atom is 0.167 e. The molecule has 1 N–H and O–H groups in total. The summed E-state index contributed by atoms with van der Waals surface area (Å²) < 4.78 is 4.15. The third kappa shape index (κ3) is 3.24. The average Bonchev–Trinajstić information content (AvgIpc) is 3.30. The van der Waals surface area contributed by atoms with E-state index >= 15 is 0 Å². The van der Waals surface area contributed by atoms with Gasteiger partial charge < -0.3 is 9.88 Å². The summed E-state index contributed by atoms with van der Waals surface area (Å²) in [4.78, 5) is 14.7. The summed E-state index contributed by atoms with van der Waals surface area (Å²) in [5, 5.41) is 8.04. The summed E-state index contributed by atoms with van der Waals surface area (Å²) in [5.41, 5.74) is 5.67. The highest BCUT2D eigenvalue weighted by atomic mass is 15.3. The molecule has 154 valence electrons. The van der Waals surface area contributed by atoms with Crippen molar-refractivity contribution < 1.29 is 0 Å². The molecule has 0 bridgehead atoms. The molecule has 1 saturated carbocycles. The zero-order valence-corrected chi connectivity index (χ0v) is 17.8. The Kier molecular flexibility index (Phi) is 4.73. The zero-order valence-electron chi connectivity index (χ0n) is 17.8. The molecule has 1 aromatic carbocycles.